The molecule has 0 aromatic heterocycles. The molecule has 1 atom stereocenters. The topological polar surface area (TPSA) is 58.6 Å². The number of benzene rings is 2. The van der Waals surface area contributed by atoms with Crippen LogP contribution in [0, 0.1) is 6.92 Å². The van der Waals surface area contributed by atoms with Crippen LogP contribution in [0.5, 0.6) is 5.75 Å². The van der Waals surface area contributed by atoms with E-state index in [0.29, 0.717) is 13.0 Å². The van der Waals surface area contributed by atoms with Gasteiger partial charge in [0.15, 0.2) is 0 Å². The Kier molecular flexibility index (Phi) is 5.21. The van der Waals surface area contributed by atoms with Crippen molar-refractivity contribution in [1.29, 1.82) is 0 Å². The van der Waals surface area contributed by atoms with Gasteiger partial charge in [-0.05, 0) is 24.1 Å². The highest BCUT2D eigenvalue weighted by Gasteiger charge is 2.14. The summed E-state index contributed by atoms with van der Waals surface area (Å²) in [4.78, 5) is 10.6. The third kappa shape index (κ3) is 4.53. The van der Waals surface area contributed by atoms with E-state index in [1.54, 1.807) is 0 Å². The molecule has 110 valence electrons. The standard InChI is InChI=1S/C17H19NO3/c1-13-7-5-6-10-15(13)21-16(11-12-18-17(19)20)14-8-3-2-4-9-14/h2-10,16,18H,11-12H2,1H3,(H,19,20). The molecule has 0 fully saturated rings. The molecular weight excluding hydrogens is 266 g/mol. The van der Waals surface area contributed by atoms with Crippen LogP contribution < -0.4 is 10.1 Å². The van der Waals surface area contributed by atoms with Gasteiger partial charge in [0.25, 0.3) is 0 Å². The van der Waals surface area contributed by atoms with E-state index < -0.39 is 6.09 Å². The van der Waals surface area contributed by atoms with Crippen molar-refractivity contribution in [2.45, 2.75) is 19.4 Å². The second kappa shape index (κ2) is 7.33. The van der Waals surface area contributed by atoms with E-state index in [1.165, 1.54) is 0 Å². The van der Waals surface area contributed by atoms with Crippen molar-refractivity contribution in [3.8, 4) is 5.75 Å². The average molecular weight is 285 g/mol. The number of hydrogen-bond acceptors (Lipinski definition) is 2. The van der Waals surface area contributed by atoms with Crippen LogP contribution >= 0.6 is 0 Å². The first-order chi connectivity index (χ1) is 10.2. The summed E-state index contributed by atoms with van der Waals surface area (Å²) in [5.41, 5.74) is 2.09. The van der Waals surface area contributed by atoms with Crippen LogP contribution in [0.25, 0.3) is 0 Å². The fourth-order valence-corrected chi connectivity index (χ4v) is 2.11. The number of ether oxygens (including phenoxy) is 1. The highest BCUT2D eigenvalue weighted by Crippen LogP contribution is 2.26. The Morgan fingerprint density at radius 3 is 2.48 bits per heavy atom. The molecule has 0 aliphatic carbocycles. The Morgan fingerprint density at radius 1 is 1.14 bits per heavy atom. The summed E-state index contributed by atoms with van der Waals surface area (Å²) in [6.45, 7) is 2.34. The van der Waals surface area contributed by atoms with Crippen LogP contribution in [0.4, 0.5) is 4.79 Å². The molecule has 0 radical (unpaired) electrons. The maximum atomic E-state index is 10.6. The van der Waals surface area contributed by atoms with Gasteiger partial charge in [-0.1, -0.05) is 48.5 Å². The van der Waals surface area contributed by atoms with Crippen LogP contribution in [0.1, 0.15) is 23.7 Å². The van der Waals surface area contributed by atoms with Gasteiger partial charge in [-0.2, -0.15) is 0 Å². The third-order valence-electron chi connectivity index (χ3n) is 3.22. The second-order valence-corrected chi connectivity index (χ2v) is 4.80. The number of nitrogens with one attached hydrogen (secondary N) is 1. The van der Waals surface area contributed by atoms with Gasteiger partial charge in [-0.25, -0.2) is 4.79 Å². The molecule has 2 aromatic carbocycles. The number of para-hydroxylation sites is 1. The van der Waals surface area contributed by atoms with Crippen LogP contribution in [0.2, 0.25) is 0 Å². The molecule has 0 heterocycles. The monoisotopic (exact) mass is 285 g/mol. The van der Waals surface area contributed by atoms with Gasteiger partial charge in [0.05, 0.1) is 0 Å². The first kappa shape index (κ1) is 14.9. The molecule has 0 spiro atoms. The molecule has 4 heteroatoms. The molecule has 4 nitrogen and oxygen atoms in total. The van der Waals surface area contributed by atoms with Gasteiger partial charge in [0, 0.05) is 13.0 Å². The maximum Gasteiger partial charge on any atom is 0.404 e. The van der Waals surface area contributed by atoms with Gasteiger partial charge in [0.1, 0.15) is 11.9 Å². The van der Waals surface area contributed by atoms with Crippen molar-refractivity contribution in [2.24, 2.45) is 0 Å². The summed E-state index contributed by atoms with van der Waals surface area (Å²) >= 11 is 0. The molecule has 0 aliphatic heterocycles. The first-order valence-electron chi connectivity index (χ1n) is 6.91. The van der Waals surface area contributed by atoms with E-state index in [-0.39, 0.29) is 6.10 Å². The summed E-state index contributed by atoms with van der Waals surface area (Å²) in [5.74, 6) is 0.821. The predicted octanol–water partition coefficient (Wildman–Crippen LogP) is 3.77. The van der Waals surface area contributed by atoms with Crippen molar-refractivity contribution in [1.82, 2.24) is 5.32 Å². The lowest BCUT2D eigenvalue weighted by atomic mass is 10.1. The van der Waals surface area contributed by atoms with Crippen molar-refractivity contribution >= 4 is 6.09 Å². The number of carbonyl (C=O) groups is 1. The summed E-state index contributed by atoms with van der Waals surface area (Å²) in [6, 6.07) is 17.6. The van der Waals surface area contributed by atoms with Crippen molar-refractivity contribution < 1.29 is 14.6 Å². The highest BCUT2D eigenvalue weighted by atomic mass is 16.5. The van der Waals surface area contributed by atoms with E-state index in [2.05, 4.69) is 5.32 Å². The van der Waals surface area contributed by atoms with Crippen molar-refractivity contribution in [2.75, 3.05) is 6.54 Å². The average Bonchev–Trinajstić information content (AvgIpc) is 2.49. The Balaban J connectivity index is 2.12. The molecule has 0 saturated carbocycles. The van der Waals surface area contributed by atoms with E-state index >= 15 is 0 Å². The van der Waals surface area contributed by atoms with E-state index in [1.807, 2.05) is 61.5 Å². The third-order valence-corrected chi connectivity index (χ3v) is 3.22. The fraction of sp³-hybridized carbons (Fsp3) is 0.235. The summed E-state index contributed by atoms with van der Waals surface area (Å²) in [6.07, 6.45) is -0.623. The number of hydrogen-bond donors (Lipinski definition) is 2. The Hall–Kier alpha value is -2.49. The smallest absolute Gasteiger partial charge is 0.404 e. The van der Waals surface area contributed by atoms with Crippen molar-refractivity contribution in [3.63, 3.8) is 0 Å². The van der Waals surface area contributed by atoms with E-state index in [4.69, 9.17) is 9.84 Å². The molecule has 1 amide bonds. The SMILES string of the molecule is Cc1ccccc1OC(CCNC(=O)O)c1ccccc1. The number of amides is 1. The number of aryl methyl sites for hydroxylation is 1. The first-order valence-corrected chi connectivity index (χ1v) is 6.91. The summed E-state index contributed by atoms with van der Waals surface area (Å²) in [5, 5.41) is 11.1. The quantitative estimate of drug-likeness (QED) is 0.849. The van der Waals surface area contributed by atoms with Crippen LogP contribution in [0.15, 0.2) is 54.6 Å². The molecule has 1 unspecified atom stereocenters. The van der Waals surface area contributed by atoms with Gasteiger partial charge in [-0.15, -0.1) is 0 Å². The zero-order valence-corrected chi connectivity index (χ0v) is 12.0. The van der Waals surface area contributed by atoms with Gasteiger partial charge in [0.2, 0.25) is 0 Å². The van der Waals surface area contributed by atoms with Crippen LogP contribution in [-0.4, -0.2) is 17.7 Å². The lowest BCUT2D eigenvalue weighted by molar-refractivity contribution is 0.179. The summed E-state index contributed by atoms with van der Waals surface area (Å²) < 4.78 is 6.08. The number of rotatable bonds is 6. The molecule has 2 N–H and O–H groups in total. The minimum absolute atomic E-state index is 0.181. The minimum Gasteiger partial charge on any atom is -0.485 e. The van der Waals surface area contributed by atoms with Gasteiger partial charge >= 0.3 is 6.09 Å². The molecular formula is C17H19NO3. The normalized spacial score (nSPS) is 11.7. The van der Waals surface area contributed by atoms with Gasteiger partial charge < -0.3 is 15.2 Å². The molecule has 2 rings (SSSR count). The largest absolute Gasteiger partial charge is 0.485 e. The van der Waals surface area contributed by atoms with Crippen LogP contribution in [0.3, 0.4) is 0 Å². The zero-order chi connectivity index (χ0) is 15.1. The lowest BCUT2D eigenvalue weighted by Gasteiger charge is -2.20. The Bertz CT molecular complexity index is 584. The second-order valence-electron chi connectivity index (χ2n) is 4.80. The number of carboxylic acid groups (broad SMARTS) is 1. The molecule has 0 bridgehead atoms. The molecule has 21 heavy (non-hydrogen) atoms. The predicted molar refractivity (Wildman–Crippen MR) is 81.6 cm³/mol. The fourth-order valence-electron chi connectivity index (χ4n) is 2.11. The summed E-state index contributed by atoms with van der Waals surface area (Å²) in [7, 11) is 0. The van der Waals surface area contributed by atoms with E-state index in [9.17, 15) is 4.79 Å². The lowest BCUT2D eigenvalue weighted by Crippen LogP contribution is -2.24. The van der Waals surface area contributed by atoms with Gasteiger partial charge in [-0.3, -0.25) is 0 Å². The maximum absolute atomic E-state index is 10.6. The highest BCUT2D eigenvalue weighted by molar-refractivity contribution is 5.64. The van der Waals surface area contributed by atoms with Crippen LogP contribution in [-0.2, 0) is 0 Å². The molecule has 2 aromatic rings. The molecule has 0 aliphatic rings. The molecule has 0 saturated heterocycles. The zero-order valence-electron chi connectivity index (χ0n) is 12.0. The van der Waals surface area contributed by atoms with E-state index in [0.717, 1.165) is 16.9 Å². The Labute approximate surface area is 124 Å². The Morgan fingerprint density at radius 2 is 1.81 bits per heavy atom. The van der Waals surface area contributed by atoms with Crippen molar-refractivity contribution in [3.05, 3.63) is 65.7 Å². The minimum atomic E-state index is -1.02.